The van der Waals surface area contributed by atoms with E-state index in [4.69, 9.17) is 4.52 Å². The molecule has 0 aliphatic carbocycles. The molecular formula is C17H21ClN4O3. The maximum Gasteiger partial charge on any atom is 0.262 e. The van der Waals surface area contributed by atoms with Crippen molar-refractivity contribution in [1.29, 1.82) is 0 Å². The monoisotopic (exact) mass is 364 g/mol. The lowest BCUT2D eigenvalue weighted by Crippen LogP contribution is -2.32. The predicted octanol–water partition coefficient (Wildman–Crippen LogP) is 2.31. The number of aryl methyl sites for hydroxylation is 1. The molecule has 0 fully saturated rings. The van der Waals surface area contributed by atoms with Crippen LogP contribution in [0.25, 0.3) is 0 Å². The van der Waals surface area contributed by atoms with E-state index in [1.807, 2.05) is 27.0 Å². The van der Waals surface area contributed by atoms with Gasteiger partial charge in [0.15, 0.2) is 5.82 Å². The number of aromatic nitrogens is 2. The Kier molecular flexibility index (Phi) is 5.59. The van der Waals surface area contributed by atoms with E-state index in [1.54, 1.807) is 19.1 Å². The van der Waals surface area contributed by atoms with Crippen molar-refractivity contribution in [2.75, 3.05) is 7.05 Å². The molecule has 1 aromatic carbocycles. The standard InChI is InChI=1S/C17H20N4O3.ClH/c1-9-5-6-12-13(7-9)17(23)21(16(12)22)11(3)15-19-14(20-24-15)8-10(2)18-4;/h5-7,10-11,18H,8H2,1-4H3;1H. The second-order valence-electron chi connectivity index (χ2n) is 6.15. The summed E-state index contributed by atoms with van der Waals surface area (Å²) in [5, 5.41) is 7.03. The third-order valence-corrected chi connectivity index (χ3v) is 4.28. The molecule has 0 saturated heterocycles. The van der Waals surface area contributed by atoms with Gasteiger partial charge in [-0.1, -0.05) is 16.8 Å². The number of fused-ring (bicyclic) bond motifs is 1. The van der Waals surface area contributed by atoms with Gasteiger partial charge in [0, 0.05) is 12.5 Å². The number of carbonyl (C=O) groups excluding carboxylic acids is 2. The Bertz CT molecular complexity index is 805. The average molecular weight is 365 g/mol. The summed E-state index contributed by atoms with van der Waals surface area (Å²) < 4.78 is 5.27. The van der Waals surface area contributed by atoms with Gasteiger partial charge in [-0.05, 0) is 40.0 Å². The molecule has 2 heterocycles. The minimum absolute atomic E-state index is 0. The molecule has 0 spiro atoms. The molecule has 2 amide bonds. The van der Waals surface area contributed by atoms with Crippen molar-refractivity contribution in [1.82, 2.24) is 20.4 Å². The molecular weight excluding hydrogens is 344 g/mol. The molecule has 2 unspecified atom stereocenters. The fourth-order valence-corrected chi connectivity index (χ4v) is 2.73. The number of imide groups is 1. The Morgan fingerprint density at radius 1 is 1.20 bits per heavy atom. The van der Waals surface area contributed by atoms with Crippen LogP contribution in [0.15, 0.2) is 22.7 Å². The van der Waals surface area contributed by atoms with E-state index in [2.05, 4.69) is 15.5 Å². The highest BCUT2D eigenvalue weighted by atomic mass is 35.5. The Hall–Kier alpha value is -2.25. The van der Waals surface area contributed by atoms with Gasteiger partial charge < -0.3 is 9.84 Å². The Morgan fingerprint density at radius 3 is 2.56 bits per heavy atom. The largest absolute Gasteiger partial charge is 0.337 e. The fraction of sp³-hybridized carbons (Fsp3) is 0.412. The summed E-state index contributed by atoms with van der Waals surface area (Å²) in [5.41, 5.74) is 1.78. The van der Waals surface area contributed by atoms with Crippen molar-refractivity contribution in [3.8, 4) is 0 Å². The number of hydrogen-bond donors (Lipinski definition) is 1. The van der Waals surface area contributed by atoms with Gasteiger partial charge >= 0.3 is 0 Å². The lowest BCUT2D eigenvalue weighted by Gasteiger charge is -2.18. The van der Waals surface area contributed by atoms with Crippen LogP contribution in [0.4, 0.5) is 0 Å². The lowest BCUT2D eigenvalue weighted by molar-refractivity contribution is 0.0568. The van der Waals surface area contributed by atoms with Crippen LogP contribution >= 0.6 is 12.4 Å². The fourth-order valence-electron chi connectivity index (χ4n) is 2.73. The van der Waals surface area contributed by atoms with Crippen molar-refractivity contribution >= 4 is 24.2 Å². The third-order valence-electron chi connectivity index (χ3n) is 4.28. The first-order valence-corrected chi connectivity index (χ1v) is 7.90. The van der Waals surface area contributed by atoms with E-state index < -0.39 is 6.04 Å². The summed E-state index contributed by atoms with van der Waals surface area (Å²) in [7, 11) is 1.86. The molecule has 1 N–H and O–H groups in total. The molecule has 7 nitrogen and oxygen atoms in total. The summed E-state index contributed by atoms with van der Waals surface area (Å²) >= 11 is 0. The van der Waals surface area contributed by atoms with Gasteiger partial charge in [-0.3, -0.25) is 14.5 Å². The number of nitrogens with zero attached hydrogens (tertiary/aromatic N) is 3. The van der Waals surface area contributed by atoms with Crippen LogP contribution in [0.2, 0.25) is 0 Å². The van der Waals surface area contributed by atoms with Crippen molar-refractivity contribution in [3.63, 3.8) is 0 Å². The second kappa shape index (κ2) is 7.33. The molecule has 8 heteroatoms. The summed E-state index contributed by atoms with van der Waals surface area (Å²) in [6, 6.07) is 4.83. The first-order valence-electron chi connectivity index (χ1n) is 7.90. The van der Waals surface area contributed by atoms with Crippen LogP contribution in [0.5, 0.6) is 0 Å². The van der Waals surface area contributed by atoms with E-state index in [0.717, 1.165) is 5.56 Å². The Labute approximate surface area is 152 Å². The van der Waals surface area contributed by atoms with Crippen molar-refractivity contribution in [2.24, 2.45) is 0 Å². The molecule has 1 aliphatic rings. The van der Waals surface area contributed by atoms with Gasteiger partial charge in [0.1, 0.15) is 6.04 Å². The van der Waals surface area contributed by atoms with Crippen LogP contribution in [0, 0.1) is 6.92 Å². The third kappa shape index (κ3) is 3.43. The summed E-state index contributed by atoms with van der Waals surface area (Å²) in [6.45, 7) is 5.61. The lowest BCUT2D eigenvalue weighted by atomic mass is 10.1. The van der Waals surface area contributed by atoms with E-state index in [0.29, 0.717) is 23.4 Å². The number of hydrogen-bond acceptors (Lipinski definition) is 6. The molecule has 0 bridgehead atoms. The molecule has 134 valence electrons. The highest BCUT2D eigenvalue weighted by molar-refractivity contribution is 6.21. The highest BCUT2D eigenvalue weighted by Crippen LogP contribution is 2.31. The van der Waals surface area contributed by atoms with Crippen LogP contribution in [-0.4, -0.2) is 39.9 Å². The van der Waals surface area contributed by atoms with E-state index in [1.165, 1.54) is 4.90 Å². The zero-order valence-electron chi connectivity index (χ0n) is 14.6. The van der Waals surface area contributed by atoms with E-state index in [9.17, 15) is 9.59 Å². The predicted molar refractivity (Wildman–Crippen MR) is 93.9 cm³/mol. The summed E-state index contributed by atoms with van der Waals surface area (Å²) in [4.78, 5) is 30.7. The van der Waals surface area contributed by atoms with Gasteiger partial charge in [-0.15, -0.1) is 12.4 Å². The molecule has 0 radical (unpaired) electrons. The Balaban J connectivity index is 0.00000225. The van der Waals surface area contributed by atoms with Gasteiger partial charge in [0.2, 0.25) is 5.89 Å². The molecule has 25 heavy (non-hydrogen) atoms. The molecule has 2 aromatic rings. The zero-order valence-corrected chi connectivity index (χ0v) is 15.4. The topological polar surface area (TPSA) is 88.3 Å². The minimum Gasteiger partial charge on any atom is -0.337 e. The van der Waals surface area contributed by atoms with E-state index >= 15 is 0 Å². The Morgan fingerprint density at radius 2 is 1.88 bits per heavy atom. The highest BCUT2D eigenvalue weighted by Gasteiger charge is 2.40. The molecule has 0 saturated carbocycles. The number of rotatable bonds is 5. The minimum atomic E-state index is -0.608. The van der Waals surface area contributed by atoms with Crippen LogP contribution in [0.1, 0.15) is 57.9 Å². The summed E-state index contributed by atoms with van der Waals surface area (Å²) in [6.07, 6.45) is 0.605. The van der Waals surface area contributed by atoms with E-state index in [-0.39, 0.29) is 36.2 Å². The number of nitrogens with one attached hydrogen (secondary N) is 1. The maximum absolute atomic E-state index is 12.6. The number of amides is 2. The summed E-state index contributed by atoms with van der Waals surface area (Å²) in [5.74, 6) is 0.158. The number of halogens is 1. The second-order valence-corrected chi connectivity index (χ2v) is 6.15. The van der Waals surface area contributed by atoms with Crippen LogP contribution in [0.3, 0.4) is 0 Å². The van der Waals surface area contributed by atoms with Crippen molar-refractivity contribution in [3.05, 3.63) is 46.6 Å². The quantitative estimate of drug-likeness (QED) is 0.819. The number of carbonyl (C=O) groups is 2. The smallest absolute Gasteiger partial charge is 0.262 e. The number of likely N-dealkylation sites (N-methyl/N-ethyl adjacent to an activating group) is 1. The molecule has 2 atom stereocenters. The molecule has 1 aromatic heterocycles. The van der Waals surface area contributed by atoms with Gasteiger partial charge in [0.05, 0.1) is 11.1 Å². The number of benzene rings is 1. The SMILES string of the molecule is CNC(C)Cc1noc(C(C)N2C(=O)c3ccc(C)cc3C2=O)n1.Cl. The van der Waals surface area contributed by atoms with Gasteiger partial charge in [-0.25, -0.2) is 0 Å². The van der Waals surface area contributed by atoms with Crippen molar-refractivity contribution in [2.45, 2.75) is 39.3 Å². The average Bonchev–Trinajstić information content (AvgIpc) is 3.11. The molecule has 3 rings (SSSR count). The normalized spacial score (nSPS) is 15.8. The van der Waals surface area contributed by atoms with Gasteiger partial charge in [0.25, 0.3) is 11.8 Å². The maximum atomic E-state index is 12.6. The molecule has 1 aliphatic heterocycles. The van der Waals surface area contributed by atoms with Crippen LogP contribution in [-0.2, 0) is 6.42 Å². The van der Waals surface area contributed by atoms with Crippen LogP contribution < -0.4 is 5.32 Å². The van der Waals surface area contributed by atoms with Gasteiger partial charge in [-0.2, -0.15) is 4.98 Å². The van der Waals surface area contributed by atoms with Crippen molar-refractivity contribution < 1.29 is 14.1 Å². The zero-order chi connectivity index (χ0) is 17.4. The first-order chi connectivity index (χ1) is 11.4. The first kappa shape index (κ1) is 19.1.